The third kappa shape index (κ3) is 5.42. The smallest absolute Gasteiger partial charge is 0.492 e. The van der Waals surface area contributed by atoms with Crippen LogP contribution in [0.1, 0.15) is 39.5 Å². The van der Waals surface area contributed by atoms with Gasteiger partial charge in [0.15, 0.2) is 5.70 Å². The summed E-state index contributed by atoms with van der Waals surface area (Å²) in [6.07, 6.45) is 5.47. The highest BCUT2D eigenvalue weighted by Crippen LogP contribution is 2.03. The van der Waals surface area contributed by atoms with Gasteiger partial charge in [0.1, 0.15) is 0 Å². The third-order valence-corrected chi connectivity index (χ3v) is 3.15. The number of allylic oxidation sites excluding steroid dienone is 1. The molecule has 0 fully saturated rings. The van der Waals surface area contributed by atoms with Gasteiger partial charge in [0.05, 0.1) is 6.08 Å². The molecule has 1 unspecified atom stereocenters. The first-order chi connectivity index (χ1) is 9.76. The van der Waals surface area contributed by atoms with Crippen molar-refractivity contribution in [1.82, 2.24) is 0 Å². The Hall–Kier alpha value is -1.49. The summed E-state index contributed by atoms with van der Waals surface area (Å²) >= 11 is 0. The first-order valence-electron chi connectivity index (χ1n) is 6.63. The number of hydroxylamine groups is 3. The van der Waals surface area contributed by atoms with Gasteiger partial charge in [-0.3, -0.25) is 4.55 Å². The van der Waals surface area contributed by atoms with Gasteiger partial charge in [-0.15, -0.1) is 0 Å². The molecular weight excluding hydrogens is 300 g/mol. The van der Waals surface area contributed by atoms with Crippen molar-refractivity contribution in [3.05, 3.63) is 17.0 Å². The number of quaternary nitrogens is 1. The number of hydrogen-bond acceptors (Lipinski definition) is 6. The lowest BCUT2D eigenvalue weighted by Crippen LogP contribution is -3.15. The summed E-state index contributed by atoms with van der Waals surface area (Å²) in [6, 6.07) is 0. The van der Waals surface area contributed by atoms with Crippen LogP contribution < -0.4 is 10.8 Å². The second-order valence-corrected chi connectivity index (χ2v) is 5.63. The Bertz CT molecular complexity index is 567. The van der Waals surface area contributed by atoms with Crippen LogP contribution in [0.5, 0.6) is 0 Å². The zero-order chi connectivity index (χ0) is 16.0. The lowest BCUT2D eigenvalue weighted by Gasteiger charge is -2.21. The summed E-state index contributed by atoms with van der Waals surface area (Å²) in [5.74, 6) is -0.309. The largest absolute Gasteiger partial charge is 0.617 e. The zero-order valence-electron chi connectivity index (χ0n) is 12.1. The van der Waals surface area contributed by atoms with E-state index in [1.54, 1.807) is 0 Å². The van der Waals surface area contributed by atoms with Gasteiger partial charge < -0.3 is 5.21 Å². The minimum atomic E-state index is -4.77. The van der Waals surface area contributed by atoms with Gasteiger partial charge in [0.2, 0.25) is 5.84 Å². The van der Waals surface area contributed by atoms with Crippen LogP contribution in [0, 0.1) is 5.21 Å². The summed E-state index contributed by atoms with van der Waals surface area (Å²) in [6.45, 7) is 4.08. The standard InChI is InChI=1S/C11H20N4O5S/c1-3-4-5-6-7-13-10-8-9(2)15(11(12)14(10)16)20-21(17,18)19/h8,12,14H,3-7H2,1-2H3,(H,17,18,19)/p+1. The molecule has 0 amide bonds. The van der Waals surface area contributed by atoms with E-state index < -0.39 is 21.4 Å². The van der Waals surface area contributed by atoms with Crippen molar-refractivity contribution >= 4 is 22.2 Å². The number of nitrogens with two attached hydrogens (primary N) is 1. The van der Waals surface area contributed by atoms with E-state index in [0.29, 0.717) is 11.3 Å². The number of hydrogen-bond donors (Lipinski definition) is 3. The summed E-state index contributed by atoms with van der Waals surface area (Å²) in [7, 11) is -4.77. The van der Waals surface area contributed by atoms with E-state index in [1.807, 2.05) is 0 Å². The van der Waals surface area contributed by atoms with Crippen molar-refractivity contribution in [2.75, 3.05) is 6.54 Å². The fraction of sp³-hybridized carbons (Fsp3) is 0.636. The SMILES string of the molecule is CCCCCCN=C1C=C(C)[N+](OS(=O)(=O)O)=C(N)[NH+]1[O-]. The molecule has 0 aliphatic carbocycles. The van der Waals surface area contributed by atoms with E-state index in [4.69, 9.17) is 10.3 Å². The average Bonchev–Trinajstić information content (AvgIpc) is 2.39. The molecule has 0 saturated heterocycles. The fourth-order valence-corrected chi connectivity index (χ4v) is 2.17. The highest BCUT2D eigenvalue weighted by molar-refractivity contribution is 7.80. The van der Waals surface area contributed by atoms with Crippen LogP contribution in [0.25, 0.3) is 0 Å². The molecule has 0 saturated carbocycles. The molecule has 1 rings (SSSR count). The molecule has 1 aliphatic heterocycles. The van der Waals surface area contributed by atoms with Crippen molar-refractivity contribution in [3.8, 4) is 0 Å². The van der Waals surface area contributed by atoms with E-state index in [0.717, 1.165) is 25.7 Å². The number of guanidine groups is 1. The summed E-state index contributed by atoms with van der Waals surface area (Å²) in [4.78, 5) is 4.16. The van der Waals surface area contributed by atoms with Crippen LogP contribution in [-0.2, 0) is 14.7 Å². The highest BCUT2D eigenvalue weighted by Gasteiger charge is 2.33. The molecule has 1 aliphatic rings. The van der Waals surface area contributed by atoms with Crippen molar-refractivity contribution in [2.45, 2.75) is 39.5 Å². The minimum absolute atomic E-state index is 0.150. The third-order valence-electron chi connectivity index (χ3n) is 2.81. The van der Waals surface area contributed by atoms with Crippen molar-refractivity contribution < 1.29 is 27.1 Å². The van der Waals surface area contributed by atoms with Gasteiger partial charge in [-0.2, -0.15) is 12.7 Å². The van der Waals surface area contributed by atoms with Gasteiger partial charge >= 0.3 is 16.4 Å². The lowest BCUT2D eigenvalue weighted by atomic mass is 10.2. The van der Waals surface area contributed by atoms with E-state index in [1.165, 1.54) is 13.0 Å². The molecule has 1 atom stereocenters. The Morgan fingerprint density at radius 1 is 1.48 bits per heavy atom. The van der Waals surface area contributed by atoms with E-state index in [9.17, 15) is 13.6 Å². The quantitative estimate of drug-likeness (QED) is 0.246. The van der Waals surface area contributed by atoms with E-state index >= 15 is 0 Å². The highest BCUT2D eigenvalue weighted by atomic mass is 32.3. The van der Waals surface area contributed by atoms with Gasteiger partial charge in [-0.25, -0.2) is 15.8 Å². The van der Waals surface area contributed by atoms with Gasteiger partial charge in [-0.1, -0.05) is 26.2 Å². The molecular formula is C11H21N4O5S+. The maximum atomic E-state index is 12.0. The normalized spacial score (nSPS) is 21.6. The fourth-order valence-electron chi connectivity index (χ4n) is 1.78. The summed E-state index contributed by atoms with van der Waals surface area (Å²) in [5, 5.41) is 11.3. The maximum absolute atomic E-state index is 12.0. The molecule has 0 aromatic heterocycles. The number of nitrogens with zero attached hydrogens (tertiary/aromatic N) is 2. The van der Waals surface area contributed by atoms with Crippen LogP contribution >= 0.6 is 0 Å². The Balaban J connectivity index is 2.81. The molecule has 21 heavy (non-hydrogen) atoms. The Kier molecular flexibility index (Phi) is 6.27. The van der Waals surface area contributed by atoms with Gasteiger partial charge in [-0.05, 0) is 6.42 Å². The Morgan fingerprint density at radius 3 is 2.71 bits per heavy atom. The Morgan fingerprint density at radius 2 is 2.14 bits per heavy atom. The van der Waals surface area contributed by atoms with E-state index in [2.05, 4.69) is 16.2 Å². The molecule has 10 heteroatoms. The first kappa shape index (κ1) is 17.6. The topological polar surface area (TPSA) is 132 Å². The van der Waals surface area contributed by atoms with Crippen LogP contribution in [0.3, 0.4) is 0 Å². The minimum Gasteiger partial charge on any atom is -0.617 e. The first-order valence-corrected chi connectivity index (χ1v) is 7.99. The summed E-state index contributed by atoms with van der Waals surface area (Å²) in [5.41, 5.74) is 5.77. The van der Waals surface area contributed by atoms with Crippen LogP contribution in [-0.4, -0.2) is 36.0 Å². The van der Waals surface area contributed by atoms with Crippen molar-refractivity contribution in [2.24, 2.45) is 10.7 Å². The molecule has 1 heterocycles. The molecule has 0 aromatic carbocycles. The maximum Gasteiger partial charge on any atom is 0.492 e. The van der Waals surface area contributed by atoms with Crippen molar-refractivity contribution in [3.63, 3.8) is 0 Å². The van der Waals surface area contributed by atoms with E-state index in [-0.39, 0.29) is 11.5 Å². The van der Waals surface area contributed by atoms with Crippen LogP contribution in [0.2, 0.25) is 0 Å². The van der Waals surface area contributed by atoms with Crippen LogP contribution in [0.15, 0.2) is 16.8 Å². The molecule has 4 N–H and O–H groups in total. The second kappa shape index (κ2) is 7.50. The van der Waals surface area contributed by atoms with Gasteiger partial charge in [0.25, 0.3) is 0 Å². The predicted octanol–water partition coefficient (Wildman–Crippen LogP) is -0.673. The van der Waals surface area contributed by atoms with Crippen molar-refractivity contribution in [1.29, 1.82) is 0 Å². The molecule has 0 aromatic rings. The molecule has 0 spiro atoms. The molecule has 120 valence electrons. The molecule has 0 radical (unpaired) electrons. The molecule has 0 bridgehead atoms. The van der Waals surface area contributed by atoms with Crippen LogP contribution in [0.4, 0.5) is 0 Å². The number of amidine groups is 1. The van der Waals surface area contributed by atoms with Gasteiger partial charge in [0, 0.05) is 18.2 Å². The summed E-state index contributed by atoms with van der Waals surface area (Å²) < 4.78 is 34.9. The number of aliphatic imine (C=N–C) groups is 1. The number of rotatable bonds is 7. The average molecular weight is 321 g/mol. The number of unbranched alkanes of at least 4 members (excludes halogenated alkanes) is 3. The number of nitrogens with one attached hydrogen (secondary N) is 1. The predicted molar refractivity (Wildman–Crippen MR) is 76.6 cm³/mol. The monoisotopic (exact) mass is 321 g/mol. The second-order valence-electron chi connectivity index (χ2n) is 4.62. The Labute approximate surface area is 123 Å². The lowest BCUT2D eigenvalue weighted by molar-refractivity contribution is -0.780. The zero-order valence-corrected chi connectivity index (χ0v) is 12.9. The molecule has 9 nitrogen and oxygen atoms in total.